The number of nitrogens with one attached hydrogen (secondary N) is 2. The maximum absolute atomic E-state index is 11.2. The Hall–Kier alpha value is -0.770. The molecule has 3 nitrogen and oxygen atoms in total. The Labute approximate surface area is 98.8 Å². The summed E-state index contributed by atoms with van der Waals surface area (Å²) in [5, 5.41) is 6.64. The average molecular weight is 247 g/mol. The zero-order chi connectivity index (χ0) is 11.3. The van der Waals surface area contributed by atoms with Crippen LogP contribution in [0.15, 0.2) is 18.2 Å². The van der Waals surface area contributed by atoms with Crippen LogP contribution >= 0.6 is 23.2 Å². The number of hydrogen-bond acceptors (Lipinski definition) is 2. The summed E-state index contributed by atoms with van der Waals surface area (Å²) >= 11 is 11.7. The molecular weight excluding hydrogens is 235 g/mol. The minimum Gasteiger partial charge on any atom is -0.351 e. The summed E-state index contributed by atoms with van der Waals surface area (Å²) in [4.78, 5) is 11.2. The van der Waals surface area contributed by atoms with Gasteiger partial charge in [0.2, 0.25) is 5.91 Å². The molecule has 1 rings (SSSR count). The summed E-state index contributed by atoms with van der Waals surface area (Å²) in [6, 6.07) is 5.19. The van der Waals surface area contributed by atoms with E-state index in [4.69, 9.17) is 23.2 Å². The molecule has 2 N–H and O–H groups in total. The zero-order valence-corrected chi connectivity index (χ0v) is 9.82. The van der Waals surface area contributed by atoms with Crippen LogP contribution in [0.4, 0.5) is 0 Å². The SMILES string of the molecule is CNCC(=O)NCc1ccc(Cl)cc1Cl. The van der Waals surface area contributed by atoms with Crippen LogP contribution in [0.25, 0.3) is 0 Å². The minimum atomic E-state index is -0.0662. The predicted molar refractivity (Wildman–Crippen MR) is 62.2 cm³/mol. The van der Waals surface area contributed by atoms with Crippen LogP contribution in [0, 0.1) is 0 Å². The molecule has 0 saturated heterocycles. The van der Waals surface area contributed by atoms with Gasteiger partial charge in [-0.3, -0.25) is 4.79 Å². The number of benzene rings is 1. The van der Waals surface area contributed by atoms with E-state index in [1.165, 1.54) is 0 Å². The first-order valence-electron chi connectivity index (χ1n) is 4.48. The van der Waals surface area contributed by atoms with Crippen molar-refractivity contribution >= 4 is 29.1 Å². The molecule has 0 aromatic heterocycles. The maximum atomic E-state index is 11.2. The highest BCUT2D eigenvalue weighted by Gasteiger charge is 2.03. The van der Waals surface area contributed by atoms with Crippen molar-refractivity contribution in [2.75, 3.05) is 13.6 Å². The standard InChI is InChI=1S/C10H12Cl2N2O/c1-13-6-10(15)14-5-7-2-3-8(11)4-9(7)12/h2-4,13H,5-6H2,1H3,(H,14,15). The molecule has 1 aromatic rings. The summed E-state index contributed by atoms with van der Waals surface area (Å²) < 4.78 is 0. The third kappa shape index (κ3) is 4.08. The summed E-state index contributed by atoms with van der Waals surface area (Å²) in [6.07, 6.45) is 0. The van der Waals surface area contributed by atoms with Gasteiger partial charge in [-0.1, -0.05) is 29.3 Å². The number of amides is 1. The van der Waals surface area contributed by atoms with Crippen molar-refractivity contribution in [2.45, 2.75) is 6.54 Å². The van der Waals surface area contributed by atoms with Gasteiger partial charge in [-0.2, -0.15) is 0 Å². The van der Waals surface area contributed by atoms with E-state index in [9.17, 15) is 4.79 Å². The van der Waals surface area contributed by atoms with Crippen LogP contribution in [-0.4, -0.2) is 19.5 Å². The van der Waals surface area contributed by atoms with Gasteiger partial charge in [0.05, 0.1) is 6.54 Å². The fraction of sp³-hybridized carbons (Fsp3) is 0.300. The second kappa shape index (κ2) is 5.95. The Balaban J connectivity index is 2.54. The summed E-state index contributed by atoms with van der Waals surface area (Å²) in [5.41, 5.74) is 0.852. The van der Waals surface area contributed by atoms with E-state index in [0.29, 0.717) is 23.1 Å². The fourth-order valence-electron chi connectivity index (χ4n) is 1.08. The number of rotatable bonds is 4. The molecule has 5 heteroatoms. The van der Waals surface area contributed by atoms with Crippen LogP contribution in [0.3, 0.4) is 0 Å². The highest BCUT2D eigenvalue weighted by atomic mass is 35.5. The van der Waals surface area contributed by atoms with E-state index < -0.39 is 0 Å². The first-order chi connectivity index (χ1) is 7.13. The fourth-order valence-corrected chi connectivity index (χ4v) is 1.56. The Morgan fingerprint density at radius 3 is 2.73 bits per heavy atom. The molecule has 0 unspecified atom stereocenters. The van der Waals surface area contributed by atoms with Gasteiger partial charge >= 0.3 is 0 Å². The van der Waals surface area contributed by atoms with Crippen molar-refractivity contribution in [3.05, 3.63) is 33.8 Å². The van der Waals surface area contributed by atoms with E-state index in [0.717, 1.165) is 5.56 Å². The predicted octanol–water partition coefficient (Wildman–Crippen LogP) is 1.83. The van der Waals surface area contributed by atoms with Crippen molar-refractivity contribution in [1.82, 2.24) is 10.6 Å². The van der Waals surface area contributed by atoms with Crippen LogP contribution < -0.4 is 10.6 Å². The van der Waals surface area contributed by atoms with E-state index >= 15 is 0 Å². The second-order valence-electron chi connectivity index (χ2n) is 3.04. The topological polar surface area (TPSA) is 41.1 Å². The number of carbonyl (C=O) groups excluding carboxylic acids is 1. The van der Waals surface area contributed by atoms with Crippen molar-refractivity contribution in [3.8, 4) is 0 Å². The van der Waals surface area contributed by atoms with Gasteiger partial charge in [0.15, 0.2) is 0 Å². The largest absolute Gasteiger partial charge is 0.351 e. The molecule has 0 atom stereocenters. The molecule has 0 fully saturated rings. The lowest BCUT2D eigenvalue weighted by Crippen LogP contribution is -2.31. The summed E-state index contributed by atoms with van der Waals surface area (Å²) in [6.45, 7) is 0.710. The minimum absolute atomic E-state index is 0.0662. The third-order valence-electron chi connectivity index (χ3n) is 1.83. The Morgan fingerprint density at radius 2 is 2.13 bits per heavy atom. The molecule has 15 heavy (non-hydrogen) atoms. The van der Waals surface area contributed by atoms with Crippen LogP contribution in [0.1, 0.15) is 5.56 Å². The van der Waals surface area contributed by atoms with Gasteiger partial charge in [-0.05, 0) is 24.7 Å². The lowest BCUT2D eigenvalue weighted by Gasteiger charge is -2.06. The monoisotopic (exact) mass is 246 g/mol. The number of likely N-dealkylation sites (N-methyl/N-ethyl adjacent to an activating group) is 1. The average Bonchev–Trinajstić information content (AvgIpc) is 2.17. The molecule has 1 aromatic carbocycles. The molecule has 0 heterocycles. The van der Waals surface area contributed by atoms with E-state index in [1.807, 2.05) is 0 Å². The molecule has 0 saturated carbocycles. The van der Waals surface area contributed by atoms with Crippen LogP contribution in [0.2, 0.25) is 10.0 Å². The van der Waals surface area contributed by atoms with Gasteiger partial charge < -0.3 is 10.6 Å². The smallest absolute Gasteiger partial charge is 0.234 e. The van der Waals surface area contributed by atoms with Crippen LogP contribution in [-0.2, 0) is 11.3 Å². The van der Waals surface area contributed by atoms with E-state index in [1.54, 1.807) is 25.2 Å². The second-order valence-corrected chi connectivity index (χ2v) is 3.89. The quantitative estimate of drug-likeness (QED) is 0.852. The number of carbonyl (C=O) groups is 1. The Morgan fingerprint density at radius 1 is 1.40 bits per heavy atom. The van der Waals surface area contributed by atoms with Gasteiger partial charge in [-0.25, -0.2) is 0 Å². The molecule has 0 aliphatic heterocycles. The Kier molecular flexibility index (Phi) is 4.88. The highest BCUT2D eigenvalue weighted by molar-refractivity contribution is 6.35. The normalized spacial score (nSPS) is 10.1. The maximum Gasteiger partial charge on any atom is 0.234 e. The first kappa shape index (κ1) is 12.3. The molecule has 0 spiro atoms. The summed E-state index contributed by atoms with van der Waals surface area (Å²) in [7, 11) is 1.72. The number of hydrogen-bond donors (Lipinski definition) is 2. The molecule has 0 bridgehead atoms. The lowest BCUT2D eigenvalue weighted by atomic mass is 10.2. The van der Waals surface area contributed by atoms with Gasteiger partial charge in [-0.15, -0.1) is 0 Å². The van der Waals surface area contributed by atoms with Gasteiger partial charge in [0, 0.05) is 16.6 Å². The Bertz CT molecular complexity index is 355. The molecular formula is C10H12Cl2N2O. The molecule has 0 aliphatic carbocycles. The molecule has 0 radical (unpaired) electrons. The van der Waals surface area contributed by atoms with E-state index in [2.05, 4.69) is 10.6 Å². The van der Waals surface area contributed by atoms with Crippen molar-refractivity contribution < 1.29 is 4.79 Å². The third-order valence-corrected chi connectivity index (χ3v) is 2.42. The van der Waals surface area contributed by atoms with Crippen molar-refractivity contribution in [2.24, 2.45) is 0 Å². The van der Waals surface area contributed by atoms with Crippen molar-refractivity contribution in [3.63, 3.8) is 0 Å². The zero-order valence-electron chi connectivity index (χ0n) is 8.31. The van der Waals surface area contributed by atoms with Gasteiger partial charge in [0.25, 0.3) is 0 Å². The summed E-state index contributed by atoms with van der Waals surface area (Å²) in [5.74, 6) is -0.0662. The highest BCUT2D eigenvalue weighted by Crippen LogP contribution is 2.20. The lowest BCUT2D eigenvalue weighted by molar-refractivity contribution is -0.120. The number of halogens is 2. The molecule has 0 aliphatic rings. The first-order valence-corrected chi connectivity index (χ1v) is 5.24. The molecule has 1 amide bonds. The van der Waals surface area contributed by atoms with Gasteiger partial charge in [0.1, 0.15) is 0 Å². The van der Waals surface area contributed by atoms with Crippen LogP contribution in [0.5, 0.6) is 0 Å². The molecule has 82 valence electrons. The van der Waals surface area contributed by atoms with E-state index in [-0.39, 0.29) is 5.91 Å². The van der Waals surface area contributed by atoms with Crippen molar-refractivity contribution in [1.29, 1.82) is 0 Å².